The Morgan fingerprint density at radius 3 is 1.41 bits per heavy atom. The normalized spacial score (nSPS) is 20.4. The third-order valence-electron chi connectivity index (χ3n) is 4.68. The highest BCUT2D eigenvalue weighted by atomic mass is 32.2. The van der Waals surface area contributed by atoms with E-state index in [9.17, 15) is 61.5 Å². The van der Waals surface area contributed by atoms with Crippen LogP contribution in [0.1, 0.15) is 27.2 Å². The molecule has 0 heterocycles. The molecule has 0 spiro atoms. The van der Waals surface area contributed by atoms with E-state index >= 15 is 0 Å². The molecule has 0 saturated carbocycles. The minimum absolute atomic E-state index is 0.0838. The Morgan fingerprint density at radius 2 is 1.03 bits per heavy atom. The van der Waals surface area contributed by atoms with Crippen molar-refractivity contribution >= 4 is 12.0 Å². The second-order valence-electron chi connectivity index (χ2n) is 7.18. The summed E-state index contributed by atoms with van der Waals surface area (Å²) in [6.07, 6.45) is -8.46. The summed E-state index contributed by atoms with van der Waals surface area (Å²) in [4.78, 5) is 0. The van der Waals surface area contributed by atoms with Crippen LogP contribution in [0.15, 0.2) is 0 Å². The molecular formula is C15H19F14NOS. The van der Waals surface area contributed by atoms with Crippen molar-refractivity contribution in [2.24, 2.45) is 5.73 Å². The summed E-state index contributed by atoms with van der Waals surface area (Å²) >= 11 is 0.249. The average molecular weight is 527 g/mol. The first kappa shape index (κ1) is 31.3. The molecule has 0 saturated heterocycles. The average Bonchev–Trinajstić information content (AvgIpc) is 2.59. The lowest BCUT2D eigenvalue weighted by atomic mass is 9.76. The number of hydrogen-bond donors (Lipinski definition) is 1. The maximum atomic E-state index is 14.5. The molecule has 2 N–H and O–H groups in total. The molecule has 3 atom stereocenters. The lowest BCUT2D eigenvalue weighted by Crippen LogP contribution is -2.75. The van der Waals surface area contributed by atoms with Gasteiger partial charge in [0.1, 0.15) is 0 Å². The van der Waals surface area contributed by atoms with Crippen molar-refractivity contribution in [1.29, 1.82) is 0 Å². The molecule has 0 radical (unpaired) electrons. The van der Waals surface area contributed by atoms with Gasteiger partial charge < -0.3 is 9.92 Å². The largest absolute Gasteiger partial charge is 0.428 e. The van der Waals surface area contributed by atoms with Gasteiger partial charge in [0.25, 0.3) is 5.67 Å². The molecule has 0 rings (SSSR count). The van der Waals surface area contributed by atoms with E-state index in [2.05, 4.69) is 4.18 Å². The Labute approximate surface area is 177 Å². The second kappa shape index (κ2) is 9.15. The molecule has 194 valence electrons. The van der Waals surface area contributed by atoms with E-state index in [4.69, 9.17) is 5.73 Å². The number of rotatable bonds is 12. The van der Waals surface area contributed by atoms with E-state index in [0.29, 0.717) is 0 Å². The molecular weight excluding hydrogens is 508 g/mol. The topological polar surface area (TPSA) is 35.2 Å². The molecule has 0 aromatic carbocycles. The van der Waals surface area contributed by atoms with E-state index < -0.39 is 72.9 Å². The first-order valence-electron chi connectivity index (χ1n) is 8.40. The van der Waals surface area contributed by atoms with Crippen molar-refractivity contribution in [3.63, 3.8) is 0 Å². The Kier molecular flexibility index (Phi) is 8.95. The van der Waals surface area contributed by atoms with Gasteiger partial charge in [0.2, 0.25) is 5.67 Å². The van der Waals surface area contributed by atoms with Crippen LogP contribution in [-0.4, -0.2) is 65.8 Å². The zero-order valence-corrected chi connectivity index (χ0v) is 17.3. The van der Waals surface area contributed by atoms with Gasteiger partial charge in [-0.05, 0) is 39.2 Å². The lowest BCUT2D eigenvalue weighted by Gasteiger charge is -2.47. The van der Waals surface area contributed by atoms with Gasteiger partial charge in [-0.1, -0.05) is 0 Å². The first-order chi connectivity index (χ1) is 13.8. The van der Waals surface area contributed by atoms with Gasteiger partial charge in [0, 0.05) is 12.3 Å². The zero-order valence-electron chi connectivity index (χ0n) is 16.5. The molecule has 0 aromatic heterocycles. The van der Waals surface area contributed by atoms with Crippen molar-refractivity contribution in [3.8, 4) is 0 Å². The summed E-state index contributed by atoms with van der Waals surface area (Å²) in [5.41, 5.74) is -12.0. The zero-order chi connectivity index (χ0) is 26.2. The summed E-state index contributed by atoms with van der Waals surface area (Å²) in [5, 5.41) is 0. The predicted octanol–water partition coefficient (Wildman–Crippen LogP) is 6.29. The summed E-state index contributed by atoms with van der Waals surface area (Å²) in [5.74, 6) is -29.6. The van der Waals surface area contributed by atoms with E-state index in [0.717, 1.165) is 0 Å². The van der Waals surface area contributed by atoms with Crippen LogP contribution in [0.2, 0.25) is 0 Å². The second-order valence-corrected chi connectivity index (χ2v) is 8.06. The van der Waals surface area contributed by atoms with Crippen LogP contribution in [0, 0.1) is 0 Å². The van der Waals surface area contributed by atoms with Gasteiger partial charge in [-0.15, -0.1) is 0 Å². The molecule has 0 fully saturated rings. The quantitative estimate of drug-likeness (QED) is 0.184. The molecule has 0 amide bonds. The van der Waals surface area contributed by atoms with Gasteiger partial charge in [-0.25, -0.2) is 13.2 Å². The lowest BCUT2D eigenvalue weighted by molar-refractivity contribution is -0.416. The van der Waals surface area contributed by atoms with Crippen LogP contribution in [0.4, 0.5) is 61.5 Å². The summed E-state index contributed by atoms with van der Waals surface area (Å²) in [7, 11) is 0. The number of halogens is 14. The van der Waals surface area contributed by atoms with E-state index in [1.54, 1.807) is 0 Å². The monoisotopic (exact) mass is 527 g/mol. The van der Waals surface area contributed by atoms with Crippen molar-refractivity contribution in [3.05, 3.63) is 0 Å². The van der Waals surface area contributed by atoms with Crippen LogP contribution in [0.5, 0.6) is 0 Å². The van der Waals surface area contributed by atoms with Crippen LogP contribution >= 0.6 is 12.0 Å². The molecule has 0 aliphatic carbocycles. The van der Waals surface area contributed by atoms with Crippen LogP contribution in [-0.2, 0) is 4.18 Å². The van der Waals surface area contributed by atoms with E-state index in [1.807, 2.05) is 0 Å². The molecule has 32 heavy (non-hydrogen) atoms. The van der Waals surface area contributed by atoms with Gasteiger partial charge in [-0.3, -0.25) is 0 Å². The Bertz CT molecular complexity index is 632. The van der Waals surface area contributed by atoms with Gasteiger partial charge in [0.15, 0.2) is 5.67 Å². The van der Waals surface area contributed by atoms with Crippen LogP contribution < -0.4 is 5.73 Å². The Hall–Kier alpha value is -0.710. The SMILES string of the molecule is CC(F)(CCSOCCN)C(F)(F)C(C)(F)C(F)(F)C(F)(F)C(F)(F)C(C)(F)C(F)(F)F. The molecule has 2 nitrogen and oxygen atoms in total. The highest BCUT2D eigenvalue weighted by molar-refractivity contribution is 7.94. The number of alkyl halides is 14. The minimum Gasteiger partial charge on any atom is -0.328 e. The molecule has 0 aliphatic heterocycles. The summed E-state index contributed by atoms with van der Waals surface area (Å²) in [6.45, 7) is -2.86. The van der Waals surface area contributed by atoms with Crippen molar-refractivity contribution < 1.29 is 65.6 Å². The fourth-order valence-corrected chi connectivity index (χ4v) is 3.01. The summed E-state index contributed by atoms with van der Waals surface area (Å²) < 4.78 is 196. The fourth-order valence-electron chi connectivity index (χ4n) is 2.21. The molecule has 3 unspecified atom stereocenters. The molecule has 0 bridgehead atoms. The van der Waals surface area contributed by atoms with Crippen molar-refractivity contribution in [2.75, 3.05) is 18.9 Å². The molecule has 17 heteroatoms. The number of hydrogen-bond acceptors (Lipinski definition) is 3. The minimum atomic E-state index is -7.69. The third kappa shape index (κ3) is 4.74. The van der Waals surface area contributed by atoms with Gasteiger partial charge >= 0.3 is 29.9 Å². The smallest absolute Gasteiger partial charge is 0.328 e. The highest BCUT2D eigenvalue weighted by Crippen LogP contribution is 2.63. The maximum absolute atomic E-state index is 14.5. The predicted molar refractivity (Wildman–Crippen MR) is 86.5 cm³/mol. The molecule has 0 aromatic rings. The van der Waals surface area contributed by atoms with E-state index in [1.165, 1.54) is 0 Å². The number of nitrogens with two attached hydrogens (primary N) is 1. The third-order valence-corrected chi connectivity index (χ3v) is 5.39. The van der Waals surface area contributed by atoms with Crippen molar-refractivity contribution in [2.45, 2.75) is 74.1 Å². The Balaban J connectivity index is 6.25. The highest BCUT2D eigenvalue weighted by Gasteiger charge is 2.90. The fraction of sp³-hybridized carbons (Fsp3) is 1.00. The standard InChI is InChI=1S/C15H19F14NOS/c1-8(16,4-7-32-31-6-5-30)11(19,20)9(2,17)12(21,22)14(25,26)13(23,24)10(3,18)15(27,28)29/h4-7,30H2,1-3H3. The summed E-state index contributed by atoms with van der Waals surface area (Å²) in [6, 6.07) is 0. The Morgan fingerprint density at radius 1 is 0.625 bits per heavy atom. The van der Waals surface area contributed by atoms with Crippen LogP contribution in [0.25, 0.3) is 0 Å². The first-order valence-corrected chi connectivity index (χ1v) is 9.31. The van der Waals surface area contributed by atoms with Gasteiger partial charge in [-0.2, -0.15) is 48.3 Å². The maximum Gasteiger partial charge on any atom is 0.428 e. The van der Waals surface area contributed by atoms with Gasteiger partial charge in [0.05, 0.1) is 6.61 Å². The van der Waals surface area contributed by atoms with Crippen LogP contribution in [0.3, 0.4) is 0 Å². The van der Waals surface area contributed by atoms with Crippen molar-refractivity contribution in [1.82, 2.24) is 0 Å². The molecule has 0 aliphatic rings. The van der Waals surface area contributed by atoms with E-state index in [-0.39, 0.29) is 32.1 Å².